The lowest BCUT2D eigenvalue weighted by molar-refractivity contribution is -0.138. The Kier molecular flexibility index (Phi) is 6.21. The lowest BCUT2D eigenvalue weighted by Gasteiger charge is -2.31. The van der Waals surface area contributed by atoms with Gasteiger partial charge in [-0.3, -0.25) is 4.79 Å². The van der Waals surface area contributed by atoms with E-state index in [1.165, 1.54) is 4.90 Å². The number of rotatable bonds is 6. The van der Waals surface area contributed by atoms with Gasteiger partial charge in [-0.15, -0.1) is 0 Å². The molecule has 21 heavy (non-hydrogen) atoms. The molecule has 0 aliphatic carbocycles. The van der Waals surface area contributed by atoms with Crippen LogP contribution in [0.2, 0.25) is 0 Å². The van der Waals surface area contributed by atoms with Gasteiger partial charge in [0.15, 0.2) is 0 Å². The molecule has 1 N–H and O–H groups in total. The second kappa shape index (κ2) is 7.67. The Morgan fingerprint density at radius 2 is 1.90 bits per heavy atom. The Morgan fingerprint density at radius 3 is 2.43 bits per heavy atom. The van der Waals surface area contributed by atoms with E-state index in [-0.39, 0.29) is 18.6 Å². The lowest BCUT2D eigenvalue weighted by atomic mass is 10.1. The molecular formula is C16H24N2O3. The minimum atomic E-state index is -0.993. The van der Waals surface area contributed by atoms with Crippen LogP contribution in [-0.4, -0.2) is 46.5 Å². The molecule has 5 nitrogen and oxygen atoms in total. The fourth-order valence-electron chi connectivity index (χ4n) is 2.11. The molecule has 1 unspecified atom stereocenters. The molecule has 0 radical (unpaired) electrons. The van der Waals surface area contributed by atoms with E-state index in [9.17, 15) is 9.59 Å². The number of carbonyl (C=O) groups is 2. The lowest BCUT2D eigenvalue weighted by Crippen LogP contribution is -2.47. The van der Waals surface area contributed by atoms with E-state index in [0.29, 0.717) is 6.54 Å². The van der Waals surface area contributed by atoms with Gasteiger partial charge in [0.05, 0.1) is 0 Å². The molecule has 0 aliphatic heterocycles. The molecule has 0 aromatic heterocycles. The van der Waals surface area contributed by atoms with Crippen LogP contribution in [0.4, 0.5) is 4.79 Å². The first-order chi connectivity index (χ1) is 9.86. The van der Waals surface area contributed by atoms with E-state index in [1.54, 1.807) is 11.9 Å². The van der Waals surface area contributed by atoms with Gasteiger partial charge in [0.1, 0.15) is 6.54 Å². The first kappa shape index (κ1) is 17.0. The normalized spacial score (nSPS) is 11.8. The fourth-order valence-corrected chi connectivity index (χ4v) is 2.11. The highest BCUT2D eigenvalue weighted by Gasteiger charge is 2.24. The van der Waals surface area contributed by atoms with Crippen LogP contribution in [0, 0.1) is 6.92 Å². The SMILES string of the molecule is CCC(C)N(CC(=O)O)C(=O)N(C)Cc1ccccc1C. The van der Waals surface area contributed by atoms with Crippen LogP contribution in [0.3, 0.4) is 0 Å². The molecule has 2 amide bonds. The summed E-state index contributed by atoms with van der Waals surface area (Å²) in [6.07, 6.45) is 0.719. The third-order valence-corrected chi connectivity index (χ3v) is 3.67. The standard InChI is InChI=1S/C16H24N2O3/c1-5-13(3)18(11-15(19)20)16(21)17(4)10-14-9-7-6-8-12(14)2/h6-9,13H,5,10-11H2,1-4H3,(H,19,20). The summed E-state index contributed by atoms with van der Waals surface area (Å²) in [5.74, 6) is -0.993. The van der Waals surface area contributed by atoms with E-state index >= 15 is 0 Å². The first-order valence-corrected chi connectivity index (χ1v) is 7.14. The molecule has 0 heterocycles. The van der Waals surface area contributed by atoms with Crippen LogP contribution in [0.15, 0.2) is 24.3 Å². The maximum absolute atomic E-state index is 12.5. The van der Waals surface area contributed by atoms with Crippen LogP contribution in [-0.2, 0) is 11.3 Å². The smallest absolute Gasteiger partial charge is 0.323 e. The molecule has 116 valence electrons. The largest absolute Gasteiger partial charge is 0.480 e. The van der Waals surface area contributed by atoms with Gasteiger partial charge in [-0.2, -0.15) is 0 Å². The number of hydrogen-bond acceptors (Lipinski definition) is 2. The average Bonchev–Trinajstić information content (AvgIpc) is 2.45. The zero-order valence-electron chi connectivity index (χ0n) is 13.2. The Bertz CT molecular complexity index is 502. The number of aryl methyl sites for hydroxylation is 1. The molecule has 0 bridgehead atoms. The molecule has 5 heteroatoms. The summed E-state index contributed by atoms with van der Waals surface area (Å²) in [4.78, 5) is 26.4. The number of amides is 2. The van der Waals surface area contributed by atoms with E-state index in [1.807, 2.05) is 45.0 Å². The number of nitrogens with zero attached hydrogens (tertiary/aromatic N) is 2. The highest BCUT2D eigenvalue weighted by Crippen LogP contribution is 2.13. The van der Waals surface area contributed by atoms with Gasteiger partial charge in [0.25, 0.3) is 0 Å². The third-order valence-electron chi connectivity index (χ3n) is 3.67. The summed E-state index contributed by atoms with van der Waals surface area (Å²) < 4.78 is 0. The van der Waals surface area contributed by atoms with Crippen molar-refractivity contribution in [3.63, 3.8) is 0 Å². The summed E-state index contributed by atoms with van der Waals surface area (Å²) in [5, 5.41) is 8.98. The number of urea groups is 1. The van der Waals surface area contributed by atoms with E-state index in [4.69, 9.17) is 5.11 Å². The van der Waals surface area contributed by atoms with Gasteiger partial charge in [0.2, 0.25) is 0 Å². The summed E-state index contributed by atoms with van der Waals surface area (Å²) in [5.41, 5.74) is 2.18. The quantitative estimate of drug-likeness (QED) is 0.877. The average molecular weight is 292 g/mol. The minimum absolute atomic E-state index is 0.104. The maximum Gasteiger partial charge on any atom is 0.323 e. The highest BCUT2D eigenvalue weighted by atomic mass is 16.4. The molecule has 1 aromatic rings. The Labute approximate surface area is 126 Å². The van der Waals surface area contributed by atoms with Crippen LogP contribution in [0.5, 0.6) is 0 Å². The fraction of sp³-hybridized carbons (Fsp3) is 0.500. The van der Waals surface area contributed by atoms with Crippen molar-refractivity contribution in [2.45, 2.75) is 39.8 Å². The number of carboxylic acid groups (broad SMARTS) is 1. The number of benzene rings is 1. The summed E-state index contributed by atoms with van der Waals surface area (Å²) >= 11 is 0. The molecule has 0 aliphatic rings. The summed E-state index contributed by atoms with van der Waals surface area (Å²) in [6, 6.07) is 7.50. The minimum Gasteiger partial charge on any atom is -0.480 e. The van der Waals surface area contributed by atoms with E-state index in [2.05, 4.69) is 0 Å². The van der Waals surface area contributed by atoms with Crippen molar-refractivity contribution in [3.05, 3.63) is 35.4 Å². The van der Waals surface area contributed by atoms with Crippen LogP contribution < -0.4 is 0 Å². The molecule has 1 atom stereocenters. The van der Waals surface area contributed by atoms with Crippen molar-refractivity contribution in [2.75, 3.05) is 13.6 Å². The maximum atomic E-state index is 12.5. The van der Waals surface area contributed by atoms with Gasteiger partial charge >= 0.3 is 12.0 Å². The van der Waals surface area contributed by atoms with E-state index in [0.717, 1.165) is 17.5 Å². The second-order valence-corrected chi connectivity index (χ2v) is 5.34. The van der Waals surface area contributed by atoms with Crippen molar-refractivity contribution >= 4 is 12.0 Å². The van der Waals surface area contributed by atoms with Gasteiger partial charge in [-0.25, -0.2) is 4.79 Å². The Morgan fingerprint density at radius 1 is 1.29 bits per heavy atom. The molecular weight excluding hydrogens is 268 g/mol. The molecule has 0 fully saturated rings. The zero-order valence-corrected chi connectivity index (χ0v) is 13.2. The monoisotopic (exact) mass is 292 g/mol. The van der Waals surface area contributed by atoms with Gasteiger partial charge in [0, 0.05) is 19.6 Å². The molecule has 1 rings (SSSR count). The summed E-state index contributed by atoms with van der Waals surface area (Å²) in [7, 11) is 1.70. The summed E-state index contributed by atoms with van der Waals surface area (Å²) in [6.45, 7) is 6.00. The van der Waals surface area contributed by atoms with Gasteiger partial charge in [-0.1, -0.05) is 31.2 Å². The molecule has 0 saturated carbocycles. The van der Waals surface area contributed by atoms with Gasteiger partial charge in [-0.05, 0) is 31.4 Å². The highest BCUT2D eigenvalue weighted by molar-refractivity contribution is 5.80. The van der Waals surface area contributed by atoms with Crippen LogP contribution in [0.1, 0.15) is 31.4 Å². The zero-order chi connectivity index (χ0) is 16.0. The number of hydrogen-bond donors (Lipinski definition) is 1. The van der Waals surface area contributed by atoms with Gasteiger partial charge < -0.3 is 14.9 Å². The molecule has 0 spiro atoms. The number of aliphatic carboxylic acids is 1. The third kappa shape index (κ3) is 4.77. The van der Waals surface area contributed by atoms with Crippen molar-refractivity contribution in [1.82, 2.24) is 9.80 Å². The second-order valence-electron chi connectivity index (χ2n) is 5.34. The van der Waals surface area contributed by atoms with Crippen LogP contribution >= 0.6 is 0 Å². The topological polar surface area (TPSA) is 60.9 Å². The van der Waals surface area contributed by atoms with Crippen molar-refractivity contribution in [1.29, 1.82) is 0 Å². The predicted octanol–water partition coefficient (Wildman–Crippen LogP) is 2.73. The number of carbonyl (C=O) groups excluding carboxylic acids is 1. The molecule has 0 saturated heterocycles. The van der Waals surface area contributed by atoms with Crippen LogP contribution in [0.25, 0.3) is 0 Å². The van der Waals surface area contributed by atoms with Crippen molar-refractivity contribution in [3.8, 4) is 0 Å². The Balaban J connectivity index is 2.83. The Hall–Kier alpha value is -2.04. The first-order valence-electron chi connectivity index (χ1n) is 7.14. The van der Waals surface area contributed by atoms with E-state index < -0.39 is 5.97 Å². The number of carboxylic acids is 1. The van der Waals surface area contributed by atoms with Crippen molar-refractivity contribution in [2.24, 2.45) is 0 Å². The molecule has 1 aromatic carbocycles. The predicted molar refractivity (Wildman–Crippen MR) is 82.1 cm³/mol. The van der Waals surface area contributed by atoms with Crippen molar-refractivity contribution < 1.29 is 14.7 Å².